The van der Waals surface area contributed by atoms with E-state index >= 15 is 0 Å². The van der Waals surface area contributed by atoms with Crippen molar-refractivity contribution in [2.45, 2.75) is 26.8 Å². The highest BCUT2D eigenvalue weighted by Crippen LogP contribution is 2.20. The first-order valence-electron chi connectivity index (χ1n) is 10.7. The van der Waals surface area contributed by atoms with E-state index in [1.807, 2.05) is 0 Å². The standard InChI is InChI=1S/C21H26N6O7/c1-4-33-21(30)25-11-9-24(10-12-25)20(29)15(3)26-13-17(14(2)23-26)22-18(28)7-5-16-6-8-19(34-16)27(31)32/h5-8,13,15H,4,9-12H2,1-3H3,(H,22,28)/b7-5+. The van der Waals surface area contributed by atoms with Crippen LogP contribution in [0.4, 0.5) is 16.4 Å². The number of piperazine rings is 1. The molecule has 13 nitrogen and oxygen atoms in total. The lowest BCUT2D eigenvalue weighted by atomic mass is 10.2. The van der Waals surface area contributed by atoms with Crippen LogP contribution in [0.5, 0.6) is 0 Å². The van der Waals surface area contributed by atoms with Crippen molar-refractivity contribution < 1.29 is 28.5 Å². The minimum absolute atomic E-state index is 0.150. The van der Waals surface area contributed by atoms with E-state index in [-0.39, 0.29) is 17.8 Å². The lowest BCUT2D eigenvalue weighted by Crippen LogP contribution is -2.52. The Hall–Kier alpha value is -4.16. The zero-order valence-corrected chi connectivity index (χ0v) is 19.1. The summed E-state index contributed by atoms with van der Waals surface area (Å²) in [5, 5.41) is 17.7. The maximum absolute atomic E-state index is 12.9. The van der Waals surface area contributed by atoms with E-state index in [1.54, 1.807) is 36.8 Å². The molecule has 0 radical (unpaired) electrons. The van der Waals surface area contributed by atoms with E-state index in [9.17, 15) is 24.5 Å². The second kappa shape index (κ2) is 10.6. The van der Waals surface area contributed by atoms with Crippen molar-refractivity contribution in [1.29, 1.82) is 0 Å². The van der Waals surface area contributed by atoms with Gasteiger partial charge in [-0.1, -0.05) is 0 Å². The molecule has 2 aromatic heterocycles. The van der Waals surface area contributed by atoms with Gasteiger partial charge in [-0.3, -0.25) is 24.4 Å². The van der Waals surface area contributed by atoms with Gasteiger partial charge in [-0.2, -0.15) is 5.10 Å². The minimum Gasteiger partial charge on any atom is -0.450 e. The topological polar surface area (TPSA) is 153 Å². The van der Waals surface area contributed by atoms with Crippen LogP contribution in [0.1, 0.15) is 31.3 Å². The molecule has 13 heteroatoms. The summed E-state index contributed by atoms with van der Waals surface area (Å²) < 4.78 is 11.4. The third kappa shape index (κ3) is 5.79. The van der Waals surface area contributed by atoms with Gasteiger partial charge in [0.15, 0.2) is 0 Å². The number of ether oxygens (including phenoxy) is 1. The van der Waals surface area contributed by atoms with Crippen LogP contribution in [0.15, 0.2) is 28.8 Å². The number of hydrogen-bond acceptors (Lipinski definition) is 8. The number of carbonyl (C=O) groups is 3. The summed E-state index contributed by atoms with van der Waals surface area (Å²) in [5.41, 5.74) is 0.939. The number of furan rings is 1. The van der Waals surface area contributed by atoms with Crippen LogP contribution in [0.3, 0.4) is 0 Å². The largest absolute Gasteiger partial charge is 0.450 e. The fourth-order valence-corrected chi connectivity index (χ4v) is 3.37. The normalized spacial score (nSPS) is 14.8. The van der Waals surface area contributed by atoms with Crippen LogP contribution >= 0.6 is 0 Å². The highest BCUT2D eigenvalue weighted by molar-refractivity contribution is 6.02. The Labute approximate surface area is 195 Å². The first-order valence-corrected chi connectivity index (χ1v) is 10.7. The van der Waals surface area contributed by atoms with Gasteiger partial charge in [-0.25, -0.2) is 4.79 Å². The molecule has 0 bridgehead atoms. The van der Waals surface area contributed by atoms with E-state index in [4.69, 9.17) is 9.15 Å². The van der Waals surface area contributed by atoms with Gasteiger partial charge >= 0.3 is 12.0 Å². The number of rotatable bonds is 7. The highest BCUT2D eigenvalue weighted by Gasteiger charge is 2.29. The molecule has 2 aromatic rings. The minimum atomic E-state index is -0.669. The molecule has 1 saturated heterocycles. The van der Waals surface area contributed by atoms with Crippen LogP contribution < -0.4 is 5.32 Å². The maximum Gasteiger partial charge on any atom is 0.433 e. The van der Waals surface area contributed by atoms with Gasteiger partial charge in [0.05, 0.1) is 24.1 Å². The van der Waals surface area contributed by atoms with Crippen molar-refractivity contribution in [2.24, 2.45) is 0 Å². The van der Waals surface area contributed by atoms with Crippen molar-refractivity contribution >= 4 is 35.6 Å². The molecule has 1 unspecified atom stereocenters. The average Bonchev–Trinajstić information content (AvgIpc) is 3.44. The summed E-state index contributed by atoms with van der Waals surface area (Å²) in [5.74, 6) is -0.895. The van der Waals surface area contributed by atoms with Crippen molar-refractivity contribution in [1.82, 2.24) is 19.6 Å². The summed E-state index contributed by atoms with van der Waals surface area (Å²) in [4.78, 5) is 50.2. The van der Waals surface area contributed by atoms with Crippen molar-refractivity contribution in [3.8, 4) is 0 Å². The molecular weight excluding hydrogens is 448 g/mol. The fraction of sp³-hybridized carbons (Fsp3) is 0.429. The SMILES string of the molecule is CCOC(=O)N1CCN(C(=O)C(C)n2cc(NC(=O)/C=C/c3ccc([N+](=O)[O-])o3)c(C)n2)CC1. The molecule has 0 aromatic carbocycles. The lowest BCUT2D eigenvalue weighted by molar-refractivity contribution is -0.402. The number of aryl methyl sites for hydroxylation is 1. The molecule has 0 spiro atoms. The number of hydrogen-bond donors (Lipinski definition) is 1. The van der Waals surface area contributed by atoms with Crippen LogP contribution in [0.25, 0.3) is 6.08 Å². The van der Waals surface area contributed by atoms with Gasteiger partial charge in [-0.05, 0) is 32.9 Å². The average molecular weight is 474 g/mol. The van der Waals surface area contributed by atoms with Crippen molar-refractivity contribution in [3.63, 3.8) is 0 Å². The van der Waals surface area contributed by atoms with E-state index in [2.05, 4.69) is 10.4 Å². The van der Waals surface area contributed by atoms with E-state index in [0.29, 0.717) is 44.2 Å². The molecule has 0 saturated carbocycles. The number of carbonyl (C=O) groups excluding carboxylic acids is 3. The van der Waals surface area contributed by atoms with Gasteiger partial charge in [0.1, 0.15) is 16.7 Å². The van der Waals surface area contributed by atoms with Crippen LogP contribution in [0, 0.1) is 17.0 Å². The van der Waals surface area contributed by atoms with Gasteiger partial charge in [-0.15, -0.1) is 0 Å². The Balaban J connectivity index is 1.57. The number of amides is 3. The molecule has 3 rings (SSSR count). The molecule has 1 aliphatic heterocycles. The van der Waals surface area contributed by atoms with Crippen LogP contribution in [0.2, 0.25) is 0 Å². The Bertz CT molecular complexity index is 1100. The predicted octanol–water partition coefficient (Wildman–Crippen LogP) is 2.21. The maximum atomic E-state index is 12.9. The van der Waals surface area contributed by atoms with Gasteiger partial charge in [0.2, 0.25) is 11.8 Å². The smallest absolute Gasteiger partial charge is 0.433 e. The fourth-order valence-electron chi connectivity index (χ4n) is 3.37. The molecule has 0 aliphatic carbocycles. The molecule has 3 heterocycles. The third-order valence-electron chi connectivity index (χ3n) is 5.24. The first-order chi connectivity index (χ1) is 16.2. The Morgan fingerprint density at radius 2 is 1.94 bits per heavy atom. The number of nitrogens with zero attached hydrogens (tertiary/aromatic N) is 5. The van der Waals surface area contributed by atoms with Crippen LogP contribution in [-0.2, 0) is 14.3 Å². The highest BCUT2D eigenvalue weighted by atomic mass is 16.6. The lowest BCUT2D eigenvalue weighted by Gasteiger charge is -2.35. The summed E-state index contributed by atoms with van der Waals surface area (Å²) >= 11 is 0. The second-order valence-electron chi connectivity index (χ2n) is 7.55. The second-order valence-corrected chi connectivity index (χ2v) is 7.55. The summed E-state index contributed by atoms with van der Waals surface area (Å²) in [6.07, 6.45) is 3.67. The number of nitrogens with one attached hydrogen (secondary N) is 1. The van der Waals surface area contributed by atoms with Gasteiger partial charge in [0.25, 0.3) is 0 Å². The Morgan fingerprint density at radius 1 is 1.26 bits per heavy atom. The number of anilines is 1. The molecule has 1 N–H and O–H groups in total. The number of aromatic nitrogens is 2. The number of nitro groups is 1. The van der Waals surface area contributed by atoms with Gasteiger partial charge in [0, 0.05) is 38.5 Å². The molecule has 1 fully saturated rings. The first kappa shape index (κ1) is 24.5. The van der Waals surface area contributed by atoms with Gasteiger partial charge < -0.3 is 24.3 Å². The quantitative estimate of drug-likeness (QED) is 0.364. The van der Waals surface area contributed by atoms with E-state index in [1.165, 1.54) is 29.0 Å². The Morgan fingerprint density at radius 3 is 2.56 bits per heavy atom. The molecule has 1 aliphatic rings. The molecular formula is C21H26N6O7. The molecule has 182 valence electrons. The van der Waals surface area contributed by atoms with Crippen molar-refractivity contribution in [3.05, 3.63) is 46.0 Å². The third-order valence-corrected chi connectivity index (χ3v) is 5.24. The monoisotopic (exact) mass is 474 g/mol. The van der Waals surface area contributed by atoms with E-state index in [0.717, 1.165) is 0 Å². The molecule has 1 atom stereocenters. The molecule has 3 amide bonds. The zero-order valence-electron chi connectivity index (χ0n) is 19.1. The predicted molar refractivity (Wildman–Crippen MR) is 120 cm³/mol. The molecule has 34 heavy (non-hydrogen) atoms. The van der Waals surface area contributed by atoms with Crippen LogP contribution in [-0.4, -0.2) is 75.2 Å². The van der Waals surface area contributed by atoms with Crippen molar-refractivity contribution in [2.75, 3.05) is 38.1 Å². The Kier molecular flexibility index (Phi) is 7.66. The zero-order chi connectivity index (χ0) is 24.8. The summed E-state index contributed by atoms with van der Waals surface area (Å²) in [6.45, 7) is 7.01. The summed E-state index contributed by atoms with van der Waals surface area (Å²) in [7, 11) is 0. The summed E-state index contributed by atoms with van der Waals surface area (Å²) in [6, 6.07) is 1.96. The van der Waals surface area contributed by atoms with E-state index < -0.39 is 22.8 Å².